The molecule has 1 aromatic heterocycles. The summed E-state index contributed by atoms with van der Waals surface area (Å²) in [6, 6.07) is 8.27. The molecule has 0 saturated heterocycles. The van der Waals surface area contributed by atoms with E-state index in [1.54, 1.807) is 12.1 Å². The third kappa shape index (κ3) is 4.02. The molecule has 3 nitrogen and oxygen atoms in total. The molecule has 1 aromatic carbocycles. The Morgan fingerprint density at radius 1 is 1.19 bits per heavy atom. The summed E-state index contributed by atoms with van der Waals surface area (Å²) in [5.74, 6) is 0.264. The monoisotopic (exact) mass is 287 g/mol. The number of halogens is 1. The van der Waals surface area contributed by atoms with Gasteiger partial charge in [-0.1, -0.05) is 0 Å². The summed E-state index contributed by atoms with van der Waals surface area (Å²) in [5, 5.41) is 3.42. The summed E-state index contributed by atoms with van der Waals surface area (Å²) >= 11 is 0. The zero-order chi connectivity index (χ0) is 15.6. The van der Waals surface area contributed by atoms with Crippen molar-refractivity contribution in [3.8, 4) is 11.3 Å². The first-order valence-corrected chi connectivity index (χ1v) is 7.03. The number of hydrogen-bond acceptors (Lipinski definition) is 3. The Kier molecular flexibility index (Phi) is 4.28. The Morgan fingerprint density at radius 3 is 2.33 bits per heavy atom. The third-order valence-corrected chi connectivity index (χ3v) is 3.31. The van der Waals surface area contributed by atoms with E-state index in [-0.39, 0.29) is 11.4 Å². The van der Waals surface area contributed by atoms with E-state index in [1.165, 1.54) is 12.1 Å². The van der Waals surface area contributed by atoms with E-state index in [9.17, 15) is 4.39 Å². The third-order valence-electron chi connectivity index (χ3n) is 3.31. The van der Waals surface area contributed by atoms with Gasteiger partial charge in [0.05, 0.1) is 5.69 Å². The van der Waals surface area contributed by atoms with Gasteiger partial charge in [-0.2, -0.15) is 0 Å². The van der Waals surface area contributed by atoms with E-state index in [0.717, 1.165) is 22.4 Å². The van der Waals surface area contributed by atoms with Gasteiger partial charge in [-0.25, -0.2) is 9.37 Å². The van der Waals surface area contributed by atoms with Crippen LogP contribution < -0.4 is 11.1 Å². The molecule has 0 aliphatic rings. The van der Waals surface area contributed by atoms with Gasteiger partial charge in [0.25, 0.3) is 0 Å². The Labute approximate surface area is 125 Å². The first-order chi connectivity index (χ1) is 9.76. The second-order valence-corrected chi connectivity index (χ2v) is 6.30. The average Bonchev–Trinajstić information content (AvgIpc) is 2.37. The van der Waals surface area contributed by atoms with Gasteiger partial charge < -0.3 is 11.1 Å². The Bertz CT molecular complexity index is 604. The highest BCUT2D eigenvalue weighted by molar-refractivity contribution is 5.63. The Balaban J connectivity index is 2.30. The number of aryl methyl sites for hydroxylation is 1. The maximum atomic E-state index is 13.0. The summed E-state index contributed by atoms with van der Waals surface area (Å²) < 4.78 is 13.0. The molecule has 0 amide bonds. The lowest BCUT2D eigenvalue weighted by Crippen LogP contribution is -2.35. The molecule has 3 N–H and O–H groups in total. The predicted octanol–water partition coefficient (Wildman–Crippen LogP) is 3.67. The predicted molar refractivity (Wildman–Crippen MR) is 85.4 cm³/mol. The summed E-state index contributed by atoms with van der Waals surface area (Å²) in [5.41, 5.74) is 9.84. The molecule has 0 radical (unpaired) electrons. The molecule has 4 heteroatoms. The quantitative estimate of drug-likeness (QED) is 0.905. The zero-order valence-corrected chi connectivity index (χ0v) is 13.0. The fraction of sp³-hybridized carbons (Fsp3) is 0.353. The second kappa shape index (κ2) is 5.82. The van der Waals surface area contributed by atoms with Crippen molar-refractivity contribution in [1.82, 2.24) is 10.3 Å². The number of aromatic nitrogens is 1. The summed E-state index contributed by atoms with van der Waals surface area (Å²) in [6.07, 6.45) is 0. The Hall–Kier alpha value is -1.94. The van der Waals surface area contributed by atoms with Crippen molar-refractivity contribution in [2.24, 2.45) is 0 Å². The van der Waals surface area contributed by atoms with E-state index in [1.807, 2.05) is 13.0 Å². The van der Waals surface area contributed by atoms with E-state index < -0.39 is 0 Å². The minimum atomic E-state index is -0.255. The van der Waals surface area contributed by atoms with Gasteiger partial charge in [-0.05, 0) is 63.6 Å². The molecule has 0 bridgehead atoms. The number of benzene rings is 1. The number of nitrogens with one attached hydrogen (secondary N) is 1. The van der Waals surface area contributed by atoms with Crippen LogP contribution >= 0.6 is 0 Å². The van der Waals surface area contributed by atoms with E-state index in [0.29, 0.717) is 12.4 Å². The molecule has 2 aromatic rings. The lowest BCUT2D eigenvalue weighted by molar-refractivity contribution is 0.424. The molecule has 0 unspecified atom stereocenters. The van der Waals surface area contributed by atoms with Crippen LogP contribution in [-0.4, -0.2) is 10.5 Å². The highest BCUT2D eigenvalue weighted by atomic mass is 19.1. The van der Waals surface area contributed by atoms with Crippen molar-refractivity contribution >= 4 is 5.82 Å². The van der Waals surface area contributed by atoms with Crippen LogP contribution in [0.3, 0.4) is 0 Å². The molecule has 2 rings (SSSR count). The number of nitrogens with zero attached hydrogens (tertiary/aromatic N) is 1. The minimum absolute atomic E-state index is 0.0223. The van der Waals surface area contributed by atoms with Crippen LogP contribution in [0.2, 0.25) is 0 Å². The molecule has 0 atom stereocenters. The lowest BCUT2D eigenvalue weighted by atomic mass is 10.0. The molecular weight excluding hydrogens is 265 g/mol. The van der Waals surface area contributed by atoms with Gasteiger partial charge >= 0.3 is 0 Å². The largest absolute Gasteiger partial charge is 0.383 e. The van der Waals surface area contributed by atoms with Gasteiger partial charge in [0, 0.05) is 23.2 Å². The number of hydrogen-bond donors (Lipinski definition) is 2. The second-order valence-electron chi connectivity index (χ2n) is 6.30. The van der Waals surface area contributed by atoms with Gasteiger partial charge in [-0.3, -0.25) is 0 Å². The molecule has 0 spiro atoms. The van der Waals surface area contributed by atoms with Gasteiger partial charge in [0.2, 0.25) is 0 Å². The summed E-state index contributed by atoms with van der Waals surface area (Å²) in [7, 11) is 0. The summed E-state index contributed by atoms with van der Waals surface area (Å²) in [6.45, 7) is 9.03. The maximum absolute atomic E-state index is 13.0. The standard InChI is InChI=1S/C17H22FN3/c1-11-9-15(12-5-7-13(18)8-6-12)21-16(19)14(11)10-20-17(2,3)4/h5-9,20H,10H2,1-4H3,(H2,19,21). The molecule has 1 heterocycles. The smallest absolute Gasteiger partial charge is 0.128 e. The minimum Gasteiger partial charge on any atom is -0.383 e. The van der Waals surface area contributed by atoms with Crippen LogP contribution in [-0.2, 0) is 6.54 Å². The first-order valence-electron chi connectivity index (χ1n) is 7.03. The van der Waals surface area contributed by atoms with Gasteiger partial charge in [-0.15, -0.1) is 0 Å². The number of rotatable bonds is 3. The molecule has 0 aliphatic heterocycles. The van der Waals surface area contributed by atoms with Gasteiger partial charge in [0.15, 0.2) is 0 Å². The van der Waals surface area contributed by atoms with Crippen molar-refractivity contribution in [3.63, 3.8) is 0 Å². The molecule has 0 fully saturated rings. The Morgan fingerprint density at radius 2 is 1.81 bits per heavy atom. The van der Waals surface area contributed by atoms with Crippen molar-refractivity contribution in [1.29, 1.82) is 0 Å². The van der Waals surface area contributed by atoms with Gasteiger partial charge in [0.1, 0.15) is 11.6 Å². The van der Waals surface area contributed by atoms with Crippen LogP contribution in [0.15, 0.2) is 30.3 Å². The molecule has 0 aliphatic carbocycles. The zero-order valence-electron chi connectivity index (χ0n) is 13.0. The van der Waals surface area contributed by atoms with E-state index >= 15 is 0 Å². The molecule has 112 valence electrons. The maximum Gasteiger partial charge on any atom is 0.128 e. The molecule has 0 saturated carbocycles. The lowest BCUT2D eigenvalue weighted by Gasteiger charge is -2.22. The van der Waals surface area contributed by atoms with Crippen molar-refractivity contribution in [2.75, 3.05) is 5.73 Å². The average molecular weight is 287 g/mol. The highest BCUT2D eigenvalue weighted by Crippen LogP contribution is 2.24. The number of nitrogens with two attached hydrogens (primary N) is 1. The molecular formula is C17H22FN3. The number of nitrogen functional groups attached to an aromatic ring is 1. The van der Waals surface area contributed by atoms with E-state index in [2.05, 4.69) is 31.1 Å². The van der Waals surface area contributed by atoms with Crippen molar-refractivity contribution in [3.05, 3.63) is 47.3 Å². The van der Waals surface area contributed by atoms with E-state index in [4.69, 9.17) is 5.73 Å². The fourth-order valence-corrected chi connectivity index (χ4v) is 2.08. The first kappa shape index (κ1) is 15.4. The SMILES string of the molecule is Cc1cc(-c2ccc(F)cc2)nc(N)c1CNC(C)(C)C. The molecule has 21 heavy (non-hydrogen) atoms. The van der Waals surface area contributed by atoms with Crippen LogP contribution in [0.4, 0.5) is 10.2 Å². The number of pyridine rings is 1. The van der Waals surface area contributed by atoms with Crippen LogP contribution in [0.25, 0.3) is 11.3 Å². The highest BCUT2D eigenvalue weighted by Gasteiger charge is 2.13. The van der Waals surface area contributed by atoms with Crippen LogP contribution in [0, 0.1) is 12.7 Å². The van der Waals surface area contributed by atoms with Crippen molar-refractivity contribution in [2.45, 2.75) is 39.8 Å². The van der Waals surface area contributed by atoms with Crippen LogP contribution in [0.1, 0.15) is 31.9 Å². The van der Waals surface area contributed by atoms with Crippen LogP contribution in [0.5, 0.6) is 0 Å². The number of anilines is 1. The topological polar surface area (TPSA) is 50.9 Å². The fourth-order valence-electron chi connectivity index (χ4n) is 2.08. The normalized spacial score (nSPS) is 11.7. The van der Waals surface area contributed by atoms with Crippen molar-refractivity contribution < 1.29 is 4.39 Å². The summed E-state index contributed by atoms with van der Waals surface area (Å²) in [4.78, 5) is 4.45.